The molecular formula is C30H42N8O4. The maximum atomic E-state index is 13.7. The number of esters is 1. The first-order valence-electron chi connectivity index (χ1n) is 14.7. The summed E-state index contributed by atoms with van der Waals surface area (Å²) in [6.07, 6.45) is 7.68. The number of carbonyl (C=O) groups excluding carboxylic acids is 3. The van der Waals surface area contributed by atoms with Gasteiger partial charge in [0.05, 0.1) is 19.5 Å². The number of ketones is 2. The average molecular weight is 579 g/mol. The van der Waals surface area contributed by atoms with Crippen molar-refractivity contribution in [3.8, 4) is 22.5 Å². The van der Waals surface area contributed by atoms with Gasteiger partial charge < -0.3 is 15.8 Å². The number of nitrogens with two attached hydrogens (primary N) is 1. The first kappa shape index (κ1) is 31.2. The zero-order valence-corrected chi connectivity index (χ0v) is 25.0. The summed E-state index contributed by atoms with van der Waals surface area (Å²) < 4.78 is 8.14. The van der Waals surface area contributed by atoms with E-state index in [1.165, 1.54) is 11.8 Å². The van der Waals surface area contributed by atoms with Gasteiger partial charge in [-0.2, -0.15) is 0 Å². The van der Waals surface area contributed by atoms with E-state index < -0.39 is 18.1 Å². The first-order chi connectivity index (χ1) is 20.2. The molecule has 42 heavy (non-hydrogen) atoms. The highest BCUT2D eigenvalue weighted by molar-refractivity contribution is 6.00. The van der Waals surface area contributed by atoms with Gasteiger partial charge in [-0.05, 0) is 89.2 Å². The number of methoxy groups -OCH3 is 1. The smallest absolute Gasteiger partial charge is 0.330 e. The second-order valence-corrected chi connectivity index (χ2v) is 11.4. The van der Waals surface area contributed by atoms with E-state index >= 15 is 0 Å². The highest BCUT2D eigenvalue weighted by Gasteiger charge is 2.26. The highest BCUT2D eigenvalue weighted by Crippen LogP contribution is 2.30. The third-order valence-corrected chi connectivity index (χ3v) is 7.75. The Balaban J connectivity index is 1.73. The van der Waals surface area contributed by atoms with E-state index in [4.69, 9.17) is 10.5 Å². The van der Waals surface area contributed by atoms with E-state index in [9.17, 15) is 14.4 Å². The molecule has 0 bridgehead atoms. The topological polar surface area (TPSA) is 160 Å². The normalized spacial score (nSPS) is 15.5. The fraction of sp³-hybridized carbons (Fsp3) is 0.567. The van der Waals surface area contributed by atoms with E-state index in [2.05, 4.69) is 39.8 Å². The van der Waals surface area contributed by atoms with Gasteiger partial charge in [-0.1, -0.05) is 24.3 Å². The molecule has 2 aromatic heterocycles. The molecule has 12 heteroatoms. The molecule has 3 heterocycles. The highest BCUT2D eigenvalue weighted by atomic mass is 16.5. The third-order valence-electron chi connectivity index (χ3n) is 7.75. The van der Waals surface area contributed by atoms with E-state index in [1.54, 1.807) is 24.0 Å². The second-order valence-electron chi connectivity index (χ2n) is 11.4. The number of piperidine rings is 1. The van der Waals surface area contributed by atoms with Gasteiger partial charge in [-0.15, -0.1) is 10.2 Å². The van der Waals surface area contributed by atoms with E-state index in [-0.39, 0.29) is 17.5 Å². The summed E-state index contributed by atoms with van der Waals surface area (Å²) in [7, 11) is 1.35. The summed E-state index contributed by atoms with van der Waals surface area (Å²) in [5, 5.41) is 20.6. The van der Waals surface area contributed by atoms with Crippen LogP contribution < -0.4 is 11.1 Å². The monoisotopic (exact) mass is 578 g/mol. The summed E-state index contributed by atoms with van der Waals surface area (Å²) in [6.45, 7) is 7.82. The third kappa shape index (κ3) is 7.54. The molecule has 3 N–H and O–H groups in total. The van der Waals surface area contributed by atoms with Crippen LogP contribution in [-0.4, -0.2) is 74.3 Å². The molecule has 0 unspecified atom stereocenters. The van der Waals surface area contributed by atoms with Crippen LogP contribution in [0.5, 0.6) is 0 Å². The van der Waals surface area contributed by atoms with E-state index in [1.807, 2.05) is 18.2 Å². The van der Waals surface area contributed by atoms with E-state index in [0.29, 0.717) is 53.4 Å². The molecule has 3 aromatic rings. The van der Waals surface area contributed by atoms with Crippen molar-refractivity contribution in [1.82, 2.24) is 35.3 Å². The Kier molecular flexibility index (Phi) is 10.7. The summed E-state index contributed by atoms with van der Waals surface area (Å²) in [5.74, 6) is -0.109. The maximum Gasteiger partial charge on any atom is 0.330 e. The Morgan fingerprint density at radius 1 is 0.976 bits per heavy atom. The molecule has 0 saturated carbocycles. The summed E-state index contributed by atoms with van der Waals surface area (Å²) in [6, 6.07) is 4.49. The lowest BCUT2D eigenvalue weighted by atomic mass is 9.88. The number of carbonyl (C=O) groups is 3. The van der Waals surface area contributed by atoms with Crippen molar-refractivity contribution in [2.24, 2.45) is 17.6 Å². The van der Waals surface area contributed by atoms with Crippen molar-refractivity contribution in [3.63, 3.8) is 0 Å². The minimum Gasteiger partial charge on any atom is -0.467 e. The Bertz CT molecular complexity index is 1380. The number of nitrogens with zero attached hydrogens (tertiary/aromatic N) is 6. The number of benzene rings is 1. The fourth-order valence-corrected chi connectivity index (χ4v) is 5.39. The molecule has 1 aliphatic rings. The SMILES string of the molecule is COC(=O)[C@H](CCCCN)n1cc(-c2cc(C(=O)C3CCNCC3)cc(-c3cn([C@@H](CC(C)C)C(C)=O)nn3)c2)nn1. The van der Waals surface area contributed by atoms with Crippen LogP contribution in [0.3, 0.4) is 0 Å². The van der Waals surface area contributed by atoms with Gasteiger partial charge >= 0.3 is 5.97 Å². The lowest BCUT2D eigenvalue weighted by Gasteiger charge is -2.21. The number of unbranched alkanes of at least 4 members (excludes halogenated alkanes) is 1. The molecule has 226 valence electrons. The van der Waals surface area contributed by atoms with Crippen LogP contribution in [0.15, 0.2) is 30.6 Å². The molecule has 1 aromatic carbocycles. The van der Waals surface area contributed by atoms with Gasteiger partial charge in [-0.3, -0.25) is 9.59 Å². The minimum absolute atomic E-state index is 0.0129. The molecule has 0 radical (unpaired) electrons. The fourth-order valence-electron chi connectivity index (χ4n) is 5.39. The molecule has 1 saturated heterocycles. The molecule has 0 aliphatic carbocycles. The molecule has 0 amide bonds. The number of hydrogen-bond acceptors (Lipinski definition) is 10. The van der Waals surface area contributed by atoms with Crippen molar-refractivity contribution in [1.29, 1.82) is 0 Å². The number of aromatic nitrogens is 6. The molecular weight excluding hydrogens is 536 g/mol. The van der Waals surface area contributed by atoms with Gasteiger partial charge in [0.25, 0.3) is 0 Å². The lowest BCUT2D eigenvalue weighted by Crippen LogP contribution is -2.31. The molecule has 12 nitrogen and oxygen atoms in total. The quantitative estimate of drug-likeness (QED) is 0.165. The molecule has 0 spiro atoms. The van der Waals surface area contributed by atoms with Crippen molar-refractivity contribution < 1.29 is 19.1 Å². The first-order valence-corrected chi connectivity index (χ1v) is 14.7. The van der Waals surface area contributed by atoms with Crippen LogP contribution in [0, 0.1) is 11.8 Å². The second kappa shape index (κ2) is 14.4. The minimum atomic E-state index is -0.633. The maximum absolute atomic E-state index is 13.7. The van der Waals surface area contributed by atoms with Gasteiger partial charge in [0, 0.05) is 22.6 Å². The van der Waals surface area contributed by atoms with Gasteiger partial charge in [0.1, 0.15) is 17.4 Å². The van der Waals surface area contributed by atoms with Gasteiger partial charge in [-0.25, -0.2) is 14.2 Å². The average Bonchev–Trinajstić information content (AvgIpc) is 3.68. The number of rotatable bonds is 14. The largest absolute Gasteiger partial charge is 0.467 e. The predicted molar refractivity (Wildman–Crippen MR) is 158 cm³/mol. The Morgan fingerprint density at radius 2 is 1.57 bits per heavy atom. The van der Waals surface area contributed by atoms with Crippen molar-refractivity contribution in [2.45, 2.75) is 71.4 Å². The summed E-state index contributed by atoms with van der Waals surface area (Å²) >= 11 is 0. The predicted octanol–water partition coefficient (Wildman–Crippen LogP) is 3.41. The number of hydrogen-bond donors (Lipinski definition) is 2. The Hall–Kier alpha value is -3.77. The van der Waals surface area contributed by atoms with Crippen LogP contribution in [0.2, 0.25) is 0 Å². The molecule has 4 rings (SSSR count). The van der Waals surface area contributed by atoms with Gasteiger partial charge in [0.15, 0.2) is 17.6 Å². The molecule has 1 fully saturated rings. The van der Waals surface area contributed by atoms with Crippen LogP contribution in [-0.2, 0) is 14.3 Å². The van der Waals surface area contributed by atoms with Crippen LogP contribution in [0.25, 0.3) is 22.5 Å². The standard InChI is InChI=1S/C30H42N8O4/c1-19(2)13-28(20(3)39)38-18-26(34-36-38)23-14-22(15-24(16-23)29(40)21-8-11-32-12-9-21)25-17-37(35-33-25)27(30(41)42-4)7-5-6-10-31/h14-19,21,27-28,32H,5-13,31H2,1-4H3/t27-,28-/m0/s1. The van der Waals surface area contributed by atoms with Crippen LogP contribution in [0.4, 0.5) is 0 Å². The molecule has 2 atom stereocenters. The van der Waals surface area contributed by atoms with Gasteiger partial charge in [0.2, 0.25) is 0 Å². The number of Topliss-reactive ketones (excluding diaryl/α,β-unsaturated/α-hetero) is 2. The zero-order valence-electron chi connectivity index (χ0n) is 25.0. The Labute approximate surface area is 246 Å². The lowest BCUT2D eigenvalue weighted by molar-refractivity contribution is -0.145. The number of ether oxygens (including phenoxy) is 1. The Morgan fingerprint density at radius 3 is 2.10 bits per heavy atom. The van der Waals surface area contributed by atoms with Crippen LogP contribution in [0.1, 0.15) is 81.7 Å². The molecule has 1 aliphatic heterocycles. The van der Waals surface area contributed by atoms with Crippen molar-refractivity contribution in [3.05, 3.63) is 36.2 Å². The number of nitrogens with one attached hydrogen (secondary N) is 1. The summed E-state index contributed by atoms with van der Waals surface area (Å²) in [4.78, 5) is 38.6. The van der Waals surface area contributed by atoms with Crippen molar-refractivity contribution in [2.75, 3.05) is 26.7 Å². The van der Waals surface area contributed by atoms with Crippen molar-refractivity contribution >= 4 is 17.5 Å². The van der Waals surface area contributed by atoms with E-state index in [0.717, 1.165) is 38.8 Å². The zero-order chi connectivity index (χ0) is 30.2. The van der Waals surface area contributed by atoms with Crippen LogP contribution >= 0.6 is 0 Å². The summed E-state index contributed by atoms with van der Waals surface area (Å²) in [5.41, 5.74) is 8.61.